The van der Waals surface area contributed by atoms with Crippen LogP contribution in [0.15, 0.2) is 0 Å². The van der Waals surface area contributed by atoms with Crippen LogP contribution in [0.5, 0.6) is 0 Å². The Balaban J connectivity index is 3.74. The van der Waals surface area contributed by atoms with Crippen LogP contribution in [0.2, 0.25) is 0 Å². The largest absolute Gasteiger partial charge is 0.381 e. The van der Waals surface area contributed by atoms with Gasteiger partial charge in [-0.1, -0.05) is 0 Å². The van der Waals surface area contributed by atoms with Crippen molar-refractivity contribution in [1.82, 2.24) is 5.32 Å². The molecule has 0 aliphatic heterocycles. The van der Waals surface area contributed by atoms with Crippen molar-refractivity contribution in [2.45, 2.75) is 19.4 Å². The first-order valence-corrected chi connectivity index (χ1v) is 2.78. The molecule has 0 aromatic heterocycles. The van der Waals surface area contributed by atoms with Crippen LogP contribution in [0.25, 0.3) is 0 Å². The van der Waals surface area contributed by atoms with E-state index in [0.717, 1.165) is 0 Å². The molecule has 0 bridgehead atoms. The van der Waals surface area contributed by atoms with E-state index in [1.165, 1.54) is 13.8 Å². The van der Waals surface area contributed by atoms with E-state index in [4.69, 9.17) is 5.11 Å². The molecule has 0 aromatic carbocycles. The van der Waals surface area contributed by atoms with Crippen molar-refractivity contribution in [2.24, 2.45) is 0 Å². The fraction of sp³-hybridized carbons (Fsp3) is 0.667. The Morgan fingerprint density at radius 3 is 2.33 bits per heavy atom. The summed E-state index contributed by atoms with van der Waals surface area (Å²) in [6, 6.07) is 0. The van der Waals surface area contributed by atoms with Gasteiger partial charge in [-0.05, 0) is 20.8 Å². The summed E-state index contributed by atoms with van der Waals surface area (Å²) in [4.78, 5) is 10.7. The smallest absolute Gasteiger partial charge is 0.251 e. The second-order valence-electron chi connectivity index (χ2n) is 2.31. The lowest BCUT2D eigenvalue weighted by molar-refractivity contribution is -0.136. The summed E-state index contributed by atoms with van der Waals surface area (Å²) < 4.78 is 0. The first kappa shape index (κ1) is 8.43. The van der Waals surface area contributed by atoms with E-state index >= 15 is 0 Å². The number of hydrogen-bond donors (Lipinski definition) is 2. The normalized spacial score (nSPS) is 11.1. The van der Waals surface area contributed by atoms with Gasteiger partial charge in [0.1, 0.15) is 5.60 Å². The van der Waals surface area contributed by atoms with Crippen molar-refractivity contribution < 1.29 is 9.90 Å². The van der Waals surface area contributed by atoms with E-state index in [1.807, 2.05) is 0 Å². The summed E-state index contributed by atoms with van der Waals surface area (Å²) in [7, 11) is 0. The van der Waals surface area contributed by atoms with Crippen LogP contribution in [-0.4, -0.2) is 23.2 Å². The molecule has 0 aliphatic rings. The number of amides is 1. The highest BCUT2D eigenvalue weighted by Gasteiger charge is 2.21. The number of rotatable bonds is 2. The lowest BCUT2D eigenvalue weighted by Crippen LogP contribution is -2.41. The van der Waals surface area contributed by atoms with Crippen molar-refractivity contribution in [3.8, 4) is 0 Å². The number of aliphatic hydroxyl groups is 1. The van der Waals surface area contributed by atoms with Crippen LogP contribution >= 0.6 is 0 Å². The van der Waals surface area contributed by atoms with Gasteiger partial charge in [-0.15, -0.1) is 0 Å². The summed E-state index contributed by atoms with van der Waals surface area (Å²) >= 11 is 0. The maximum absolute atomic E-state index is 10.7. The molecule has 0 aliphatic carbocycles. The number of hydrogen-bond acceptors (Lipinski definition) is 2. The van der Waals surface area contributed by atoms with Crippen LogP contribution in [0.4, 0.5) is 0 Å². The molecule has 0 atom stereocenters. The molecule has 0 aromatic rings. The van der Waals surface area contributed by atoms with Gasteiger partial charge < -0.3 is 10.4 Å². The first-order valence-electron chi connectivity index (χ1n) is 2.78. The topological polar surface area (TPSA) is 49.3 Å². The average Bonchev–Trinajstić information content (AvgIpc) is 1.64. The van der Waals surface area contributed by atoms with Crippen LogP contribution in [0, 0.1) is 6.92 Å². The zero-order chi connectivity index (χ0) is 7.49. The Morgan fingerprint density at radius 1 is 1.78 bits per heavy atom. The van der Waals surface area contributed by atoms with Gasteiger partial charge in [0.25, 0.3) is 5.91 Å². The van der Waals surface area contributed by atoms with Gasteiger partial charge in [0.2, 0.25) is 0 Å². The standard InChI is InChI=1S/C6H12NO2/c1-4-7-5(8)6(2,3)9/h9H,1,4H2,2-3H3,(H,7,8). The van der Waals surface area contributed by atoms with Gasteiger partial charge in [-0.3, -0.25) is 4.79 Å². The van der Waals surface area contributed by atoms with E-state index in [2.05, 4.69) is 12.2 Å². The van der Waals surface area contributed by atoms with E-state index in [-0.39, 0.29) is 0 Å². The number of nitrogens with one attached hydrogen (secondary N) is 1. The van der Waals surface area contributed by atoms with Crippen molar-refractivity contribution >= 4 is 5.91 Å². The lowest BCUT2D eigenvalue weighted by Gasteiger charge is -2.14. The summed E-state index contributed by atoms with van der Waals surface area (Å²) in [5.41, 5.74) is -1.28. The van der Waals surface area contributed by atoms with Crippen molar-refractivity contribution in [3.63, 3.8) is 0 Å². The van der Waals surface area contributed by atoms with Crippen molar-refractivity contribution in [1.29, 1.82) is 0 Å². The van der Waals surface area contributed by atoms with E-state index in [0.29, 0.717) is 6.54 Å². The maximum Gasteiger partial charge on any atom is 0.251 e. The van der Waals surface area contributed by atoms with Gasteiger partial charge in [0, 0.05) is 6.54 Å². The molecule has 53 valence electrons. The highest BCUT2D eigenvalue weighted by molar-refractivity contribution is 5.83. The molecule has 0 unspecified atom stereocenters. The highest BCUT2D eigenvalue weighted by Crippen LogP contribution is 1.98. The second-order valence-corrected chi connectivity index (χ2v) is 2.31. The minimum atomic E-state index is -1.28. The molecule has 2 N–H and O–H groups in total. The first-order chi connectivity index (χ1) is 3.98. The van der Waals surface area contributed by atoms with E-state index < -0.39 is 11.5 Å². The van der Waals surface area contributed by atoms with Crippen LogP contribution in [0.3, 0.4) is 0 Å². The zero-order valence-electron chi connectivity index (χ0n) is 5.77. The fourth-order valence-corrected chi connectivity index (χ4v) is 0.330. The van der Waals surface area contributed by atoms with Crippen LogP contribution in [0.1, 0.15) is 13.8 Å². The van der Waals surface area contributed by atoms with Crippen LogP contribution in [-0.2, 0) is 4.79 Å². The Bertz CT molecular complexity index is 104. The average molecular weight is 130 g/mol. The van der Waals surface area contributed by atoms with Gasteiger partial charge in [0.05, 0.1) is 0 Å². The molecule has 3 heteroatoms. The number of carbonyl (C=O) groups is 1. The summed E-state index contributed by atoms with van der Waals surface area (Å²) in [5.74, 6) is -0.391. The number of carbonyl (C=O) groups excluding carboxylic acids is 1. The zero-order valence-corrected chi connectivity index (χ0v) is 5.77. The van der Waals surface area contributed by atoms with Crippen LogP contribution < -0.4 is 5.32 Å². The lowest BCUT2D eigenvalue weighted by atomic mass is 10.1. The third-order valence-electron chi connectivity index (χ3n) is 0.841. The molecule has 3 nitrogen and oxygen atoms in total. The molecule has 0 heterocycles. The van der Waals surface area contributed by atoms with Gasteiger partial charge >= 0.3 is 0 Å². The summed E-state index contributed by atoms with van der Waals surface area (Å²) in [6.07, 6.45) is 0. The van der Waals surface area contributed by atoms with Crippen molar-refractivity contribution in [3.05, 3.63) is 6.92 Å². The predicted octanol–water partition coefficient (Wildman–Crippen LogP) is -0.292. The Hall–Kier alpha value is -0.570. The Kier molecular flexibility index (Phi) is 2.65. The fourth-order valence-electron chi connectivity index (χ4n) is 0.330. The second kappa shape index (κ2) is 2.82. The molecular formula is C6H12NO2. The van der Waals surface area contributed by atoms with Gasteiger partial charge in [-0.25, -0.2) is 0 Å². The molecule has 0 spiro atoms. The van der Waals surface area contributed by atoms with Crippen molar-refractivity contribution in [2.75, 3.05) is 6.54 Å². The third-order valence-corrected chi connectivity index (χ3v) is 0.841. The Morgan fingerprint density at radius 2 is 2.22 bits per heavy atom. The molecule has 0 saturated heterocycles. The highest BCUT2D eigenvalue weighted by atomic mass is 16.3. The molecule has 0 fully saturated rings. The minimum Gasteiger partial charge on any atom is -0.381 e. The summed E-state index contributed by atoms with van der Waals surface area (Å²) in [5, 5.41) is 11.4. The Labute approximate surface area is 55.1 Å². The molecule has 0 saturated carbocycles. The van der Waals surface area contributed by atoms with Gasteiger partial charge in [-0.2, -0.15) is 0 Å². The SMILES string of the molecule is [CH2]CNC(=O)C(C)(C)O. The molecule has 1 amide bonds. The maximum atomic E-state index is 10.7. The predicted molar refractivity (Wildman–Crippen MR) is 34.7 cm³/mol. The van der Waals surface area contributed by atoms with E-state index in [1.54, 1.807) is 0 Å². The van der Waals surface area contributed by atoms with Gasteiger partial charge in [0.15, 0.2) is 0 Å². The molecule has 0 rings (SSSR count). The monoisotopic (exact) mass is 130 g/mol. The van der Waals surface area contributed by atoms with E-state index in [9.17, 15) is 4.79 Å². The summed E-state index contributed by atoms with van der Waals surface area (Å²) in [6.45, 7) is 6.56. The minimum absolute atomic E-state index is 0.308. The third kappa shape index (κ3) is 3.08. The quantitative estimate of drug-likeness (QED) is 0.539. The molecule has 1 radical (unpaired) electrons. The molecule has 9 heavy (non-hydrogen) atoms. The molecular weight excluding hydrogens is 118 g/mol.